The molecular weight excluding hydrogens is 360 g/mol. The summed E-state index contributed by atoms with van der Waals surface area (Å²) in [5.41, 5.74) is 1.54. The third kappa shape index (κ3) is 4.73. The molecule has 0 saturated carbocycles. The van der Waals surface area contributed by atoms with Gasteiger partial charge in [-0.3, -0.25) is 14.5 Å². The number of rotatable bonds is 6. The molecule has 1 aromatic carbocycles. The van der Waals surface area contributed by atoms with Crippen LogP contribution < -0.4 is 0 Å². The van der Waals surface area contributed by atoms with Crippen LogP contribution in [0.25, 0.3) is 10.6 Å². The molecule has 0 aliphatic carbocycles. The number of carbonyl (C=O) groups is 2. The number of likely N-dealkylation sites (N-methyl/N-ethyl adjacent to an activating group) is 1. The zero-order valence-electron chi connectivity index (χ0n) is 15.9. The Morgan fingerprint density at radius 2 is 1.74 bits per heavy atom. The van der Waals surface area contributed by atoms with Gasteiger partial charge in [0.15, 0.2) is 0 Å². The van der Waals surface area contributed by atoms with Gasteiger partial charge in [-0.05, 0) is 13.8 Å². The Hall–Kier alpha value is -2.25. The fraction of sp³-hybridized carbons (Fsp3) is 0.450. The normalized spacial score (nSPS) is 15.0. The van der Waals surface area contributed by atoms with Gasteiger partial charge in [-0.1, -0.05) is 30.3 Å². The van der Waals surface area contributed by atoms with E-state index in [9.17, 15) is 9.59 Å². The summed E-state index contributed by atoms with van der Waals surface area (Å²) in [6, 6.07) is 9.90. The minimum Gasteiger partial charge on any atom is -0.342 e. The first-order valence-electron chi connectivity index (χ1n) is 9.42. The lowest BCUT2D eigenvalue weighted by Crippen LogP contribution is -2.51. The first-order valence-corrected chi connectivity index (χ1v) is 10.3. The highest BCUT2D eigenvalue weighted by Gasteiger charge is 2.25. The van der Waals surface area contributed by atoms with Crippen molar-refractivity contribution in [3.05, 3.63) is 41.4 Å². The number of amides is 2. The summed E-state index contributed by atoms with van der Waals surface area (Å²) in [7, 11) is 0. The lowest BCUT2D eigenvalue weighted by Gasteiger charge is -2.34. The van der Waals surface area contributed by atoms with Crippen LogP contribution in [0.4, 0.5) is 0 Å². The summed E-state index contributed by atoms with van der Waals surface area (Å²) in [4.78, 5) is 35.3. The second-order valence-electron chi connectivity index (χ2n) is 6.54. The van der Waals surface area contributed by atoms with Gasteiger partial charge in [0.1, 0.15) is 10.7 Å². The van der Waals surface area contributed by atoms with Gasteiger partial charge in [0.25, 0.3) is 5.91 Å². The molecule has 0 N–H and O–H groups in total. The molecule has 1 aliphatic heterocycles. The molecule has 0 bridgehead atoms. The molecule has 7 heteroatoms. The maximum absolute atomic E-state index is 12.8. The average molecular weight is 387 g/mol. The topological polar surface area (TPSA) is 56.8 Å². The third-order valence-corrected chi connectivity index (χ3v) is 5.77. The first-order chi connectivity index (χ1) is 13.1. The van der Waals surface area contributed by atoms with Gasteiger partial charge in [0.2, 0.25) is 5.91 Å². The summed E-state index contributed by atoms with van der Waals surface area (Å²) >= 11 is 1.49. The van der Waals surface area contributed by atoms with Crippen molar-refractivity contribution in [3.8, 4) is 10.6 Å². The maximum atomic E-state index is 12.8. The lowest BCUT2D eigenvalue weighted by atomic mass is 10.2. The van der Waals surface area contributed by atoms with Crippen molar-refractivity contribution < 1.29 is 9.59 Å². The number of aromatic nitrogens is 1. The molecular formula is C20H26N4O2S. The third-order valence-electron chi connectivity index (χ3n) is 4.88. The zero-order chi connectivity index (χ0) is 19.2. The van der Waals surface area contributed by atoms with E-state index in [1.165, 1.54) is 11.3 Å². The summed E-state index contributed by atoms with van der Waals surface area (Å²) in [5, 5.41) is 2.70. The summed E-state index contributed by atoms with van der Waals surface area (Å²) < 4.78 is 0. The molecule has 2 heterocycles. The Balaban J connectivity index is 1.55. The number of hydrogen-bond donors (Lipinski definition) is 0. The van der Waals surface area contributed by atoms with Crippen LogP contribution in [0.1, 0.15) is 24.3 Å². The van der Waals surface area contributed by atoms with Gasteiger partial charge in [0.05, 0.1) is 6.54 Å². The number of piperazine rings is 1. The molecule has 0 unspecified atom stereocenters. The molecule has 1 fully saturated rings. The smallest absolute Gasteiger partial charge is 0.273 e. The summed E-state index contributed by atoms with van der Waals surface area (Å²) in [6.07, 6.45) is 0. The average Bonchev–Trinajstić information content (AvgIpc) is 3.20. The number of thiazole rings is 1. The molecule has 1 aromatic heterocycles. The van der Waals surface area contributed by atoms with Crippen LogP contribution in [0.5, 0.6) is 0 Å². The van der Waals surface area contributed by atoms with Crippen molar-refractivity contribution >= 4 is 23.2 Å². The fourth-order valence-electron chi connectivity index (χ4n) is 3.22. The number of carbonyl (C=O) groups excluding carboxylic acids is 2. The fourth-order valence-corrected chi connectivity index (χ4v) is 4.02. The van der Waals surface area contributed by atoms with Crippen LogP contribution in [0.3, 0.4) is 0 Å². The zero-order valence-corrected chi connectivity index (χ0v) is 16.7. The van der Waals surface area contributed by atoms with Crippen molar-refractivity contribution in [2.75, 3.05) is 45.8 Å². The highest BCUT2D eigenvalue weighted by atomic mass is 32.1. The molecule has 0 atom stereocenters. The van der Waals surface area contributed by atoms with Crippen molar-refractivity contribution in [2.24, 2.45) is 0 Å². The highest BCUT2D eigenvalue weighted by molar-refractivity contribution is 7.13. The van der Waals surface area contributed by atoms with E-state index in [4.69, 9.17) is 0 Å². The molecule has 0 radical (unpaired) electrons. The Morgan fingerprint density at radius 1 is 1.07 bits per heavy atom. The number of benzene rings is 1. The van der Waals surface area contributed by atoms with Crippen LogP contribution in [0, 0.1) is 0 Å². The number of nitrogens with zero attached hydrogens (tertiary/aromatic N) is 4. The molecule has 3 rings (SSSR count). The van der Waals surface area contributed by atoms with Crippen molar-refractivity contribution in [2.45, 2.75) is 13.8 Å². The van der Waals surface area contributed by atoms with Crippen LogP contribution in [0.2, 0.25) is 0 Å². The second-order valence-corrected chi connectivity index (χ2v) is 7.40. The van der Waals surface area contributed by atoms with E-state index in [1.807, 2.05) is 59.4 Å². The van der Waals surface area contributed by atoms with E-state index < -0.39 is 0 Å². The number of hydrogen-bond acceptors (Lipinski definition) is 5. The second kappa shape index (κ2) is 9.10. The molecule has 1 aliphatic rings. The molecule has 144 valence electrons. The first kappa shape index (κ1) is 19.5. The Morgan fingerprint density at radius 3 is 2.37 bits per heavy atom. The van der Waals surface area contributed by atoms with Gasteiger partial charge < -0.3 is 9.80 Å². The summed E-state index contributed by atoms with van der Waals surface area (Å²) in [5.74, 6) is 0.134. The minimum atomic E-state index is -0.0249. The molecule has 27 heavy (non-hydrogen) atoms. The van der Waals surface area contributed by atoms with E-state index in [0.717, 1.165) is 23.7 Å². The van der Waals surface area contributed by atoms with Crippen molar-refractivity contribution in [3.63, 3.8) is 0 Å². The Kier molecular flexibility index (Phi) is 6.58. The molecule has 2 amide bonds. The van der Waals surface area contributed by atoms with Crippen LogP contribution in [-0.4, -0.2) is 77.3 Å². The Bertz CT molecular complexity index is 765. The molecule has 1 saturated heterocycles. The van der Waals surface area contributed by atoms with E-state index >= 15 is 0 Å². The van der Waals surface area contributed by atoms with E-state index in [-0.39, 0.29) is 11.8 Å². The van der Waals surface area contributed by atoms with E-state index in [1.54, 1.807) is 0 Å². The van der Waals surface area contributed by atoms with Crippen LogP contribution in [-0.2, 0) is 4.79 Å². The quantitative estimate of drug-likeness (QED) is 0.765. The maximum Gasteiger partial charge on any atom is 0.273 e. The largest absolute Gasteiger partial charge is 0.342 e. The monoisotopic (exact) mass is 386 g/mol. The predicted octanol–water partition coefficient (Wildman–Crippen LogP) is 2.44. The lowest BCUT2D eigenvalue weighted by molar-refractivity contribution is -0.132. The highest BCUT2D eigenvalue weighted by Crippen LogP contribution is 2.24. The van der Waals surface area contributed by atoms with Gasteiger partial charge >= 0.3 is 0 Å². The standard InChI is InChI=1S/C20H26N4O2S/c1-3-23(4-2)18(25)14-22-10-12-24(13-11-22)20(26)17-15-27-19(21-17)16-8-6-5-7-9-16/h5-9,15H,3-4,10-14H2,1-2H3. The van der Waals surface area contributed by atoms with Gasteiger partial charge in [-0.2, -0.15) is 0 Å². The molecule has 0 spiro atoms. The SMILES string of the molecule is CCN(CC)C(=O)CN1CCN(C(=O)c2csc(-c3ccccc3)n2)CC1. The van der Waals surface area contributed by atoms with Gasteiger partial charge in [-0.15, -0.1) is 11.3 Å². The molecule has 2 aromatic rings. The summed E-state index contributed by atoms with van der Waals surface area (Å²) in [6.45, 7) is 8.58. The van der Waals surface area contributed by atoms with Gasteiger partial charge in [-0.25, -0.2) is 4.98 Å². The van der Waals surface area contributed by atoms with Crippen molar-refractivity contribution in [1.82, 2.24) is 19.7 Å². The van der Waals surface area contributed by atoms with Gasteiger partial charge in [0, 0.05) is 50.2 Å². The van der Waals surface area contributed by atoms with Crippen LogP contribution in [0.15, 0.2) is 35.7 Å². The van der Waals surface area contributed by atoms with E-state index in [2.05, 4.69) is 9.88 Å². The van der Waals surface area contributed by atoms with Crippen LogP contribution >= 0.6 is 11.3 Å². The predicted molar refractivity (Wildman–Crippen MR) is 108 cm³/mol. The van der Waals surface area contributed by atoms with E-state index in [0.29, 0.717) is 38.4 Å². The molecule has 6 nitrogen and oxygen atoms in total. The minimum absolute atomic E-state index is 0.0249. The Labute approximate surface area is 164 Å². The van der Waals surface area contributed by atoms with Crippen molar-refractivity contribution in [1.29, 1.82) is 0 Å².